The van der Waals surface area contributed by atoms with Gasteiger partial charge in [-0.05, 0) is 12.1 Å². The highest BCUT2D eigenvalue weighted by molar-refractivity contribution is 8.00. The molecule has 0 fully saturated rings. The first-order chi connectivity index (χ1) is 7.27. The zero-order valence-electron chi connectivity index (χ0n) is 8.34. The Kier molecular flexibility index (Phi) is 5.09. The lowest BCUT2D eigenvalue weighted by atomic mass is 10.4. The third-order valence-corrected chi connectivity index (χ3v) is 2.77. The zero-order valence-corrected chi connectivity index (χ0v) is 9.16. The number of methoxy groups -OCH3 is 1. The van der Waals surface area contributed by atoms with Crippen LogP contribution in [0.3, 0.4) is 0 Å². The lowest BCUT2D eigenvalue weighted by molar-refractivity contribution is -0.121. The molecule has 1 atom stereocenters. The number of thioether (sulfide) groups is 1. The fraction of sp³-hybridized carbons (Fsp3) is 0.333. The van der Waals surface area contributed by atoms with Crippen molar-refractivity contribution in [1.29, 1.82) is 0 Å². The van der Waals surface area contributed by atoms with E-state index < -0.39 is 0 Å². The molecule has 0 aromatic carbocycles. The Bertz CT molecular complexity index is 307. The van der Waals surface area contributed by atoms with Crippen LogP contribution in [0.2, 0.25) is 0 Å². The van der Waals surface area contributed by atoms with E-state index in [4.69, 9.17) is 10.6 Å². The van der Waals surface area contributed by atoms with E-state index in [1.807, 2.05) is 18.2 Å². The average Bonchev–Trinajstić information content (AvgIpc) is 2.29. The van der Waals surface area contributed by atoms with Gasteiger partial charge in [0.05, 0.1) is 11.6 Å². The fourth-order valence-corrected chi connectivity index (χ4v) is 1.92. The third-order valence-electron chi connectivity index (χ3n) is 1.65. The van der Waals surface area contributed by atoms with Crippen molar-refractivity contribution < 1.29 is 9.53 Å². The SMILES string of the molecule is COCC(Sc1ccccn1)C(=O)NN. The van der Waals surface area contributed by atoms with Crippen molar-refractivity contribution in [3.63, 3.8) is 0 Å². The van der Waals surface area contributed by atoms with Gasteiger partial charge in [-0.25, -0.2) is 10.8 Å². The van der Waals surface area contributed by atoms with E-state index in [0.717, 1.165) is 5.03 Å². The van der Waals surface area contributed by atoms with Gasteiger partial charge in [0.2, 0.25) is 5.91 Å². The number of aromatic nitrogens is 1. The summed E-state index contributed by atoms with van der Waals surface area (Å²) in [5.41, 5.74) is 2.10. The number of carbonyl (C=O) groups excluding carboxylic acids is 1. The van der Waals surface area contributed by atoms with Crippen molar-refractivity contribution in [2.45, 2.75) is 10.3 Å². The quantitative estimate of drug-likeness (QED) is 0.325. The molecule has 3 N–H and O–H groups in total. The molecule has 6 heteroatoms. The highest BCUT2D eigenvalue weighted by Gasteiger charge is 2.19. The van der Waals surface area contributed by atoms with E-state index in [-0.39, 0.29) is 11.2 Å². The number of amides is 1. The Morgan fingerprint density at radius 1 is 1.73 bits per heavy atom. The van der Waals surface area contributed by atoms with Crippen molar-refractivity contribution in [2.24, 2.45) is 5.84 Å². The lowest BCUT2D eigenvalue weighted by Crippen LogP contribution is -2.39. The first kappa shape index (κ1) is 12.0. The number of ether oxygens (including phenoxy) is 1. The van der Waals surface area contributed by atoms with Crippen molar-refractivity contribution in [2.75, 3.05) is 13.7 Å². The molecule has 1 amide bonds. The molecule has 0 radical (unpaired) electrons. The monoisotopic (exact) mass is 227 g/mol. The molecule has 1 unspecified atom stereocenters. The minimum absolute atomic E-state index is 0.271. The number of hydrazine groups is 1. The fourth-order valence-electron chi connectivity index (χ4n) is 0.970. The Labute approximate surface area is 92.4 Å². The van der Waals surface area contributed by atoms with Gasteiger partial charge in [-0.15, -0.1) is 0 Å². The standard InChI is InChI=1S/C9H13N3O2S/c1-14-6-7(9(13)12-10)15-8-4-2-3-5-11-8/h2-5,7H,6,10H2,1H3,(H,12,13). The maximum atomic E-state index is 11.3. The van der Waals surface area contributed by atoms with Crippen LogP contribution in [0, 0.1) is 0 Å². The summed E-state index contributed by atoms with van der Waals surface area (Å²) in [6.07, 6.45) is 1.67. The van der Waals surface area contributed by atoms with E-state index >= 15 is 0 Å². The number of pyridine rings is 1. The van der Waals surface area contributed by atoms with E-state index in [1.165, 1.54) is 18.9 Å². The minimum Gasteiger partial charge on any atom is -0.383 e. The summed E-state index contributed by atoms with van der Waals surface area (Å²) in [7, 11) is 1.54. The second-order valence-corrected chi connectivity index (χ2v) is 3.96. The molecule has 0 aliphatic heterocycles. The Balaban J connectivity index is 2.62. The number of hydrogen-bond donors (Lipinski definition) is 2. The molecule has 0 spiro atoms. The van der Waals surface area contributed by atoms with Gasteiger partial charge in [-0.1, -0.05) is 17.8 Å². The van der Waals surface area contributed by atoms with Crippen LogP contribution in [-0.4, -0.2) is 29.9 Å². The van der Waals surface area contributed by atoms with E-state index in [2.05, 4.69) is 10.4 Å². The van der Waals surface area contributed by atoms with Gasteiger partial charge in [-0.2, -0.15) is 0 Å². The predicted molar refractivity (Wildman–Crippen MR) is 58.1 cm³/mol. The van der Waals surface area contributed by atoms with Crippen molar-refractivity contribution in [3.8, 4) is 0 Å². The summed E-state index contributed by atoms with van der Waals surface area (Å²) in [4.78, 5) is 15.4. The number of rotatable bonds is 5. The van der Waals surface area contributed by atoms with Crippen LogP contribution < -0.4 is 11.3 Å². The molecule has 1 aromatic heterocycles. The Hall–Kier alpha value is -1.11. The number of nitrogens with two attached hydrogens (primary N) is 1. The minimum atomic E-state index is -0.380. The third kappa shape index (κ3) is 3.86. The molecule has 0 aliphatic carbocycles. The van der Waals surface area contributed by atoms with Crippen LogP contribution in [-0.2, 0) is 9.53 Å². The van der Waals surface area contributed by atoms with Gasteiger partial charge < -0.3 is 4.74 Å². The van der Waals surface area contributed by atoms with Gasteiger partial charge >= 0.3 is 0 Å². The van der Waals surface area contributed by atoms with Gasteiger partial charge in [0.25, 0.3) is 0 Å². The smallest absolute Gasteiger partial charge is 0.249 e. The number of nitrogens with one attached hydrogen (secondary N) is 1. The van der Waals surface area contributed by atoms with Crippen LogP contribution in [0.4, 0.5) is 0 Å². The van der Waals surface area contributed by atoms with Gasteiger partial charge in [0.15, 0.2) is 0 Å². The summed E-state index contributed by atoms with van der Waals surface area (Å²) < 4.78 is 4.93. The van der Waals surface area contributed by atoms with E-state index in [0.29, 0.717) is 6.61 Å². The van der Waals surface area contributed by atoms with Crippen LogP contribution in [0.5, 0.6) is 0 Å². The Morgan fingerprint density at radius 2 is 2.53 bits per heavy atom. The summed E-state index contributed by atoms with van der Waals surface area (Å²) in [6.45, 7) is 0.296. The normalized spacial score (nSPS) is 12.1. The molecule has 15 heavy (non-hydrogen) atoms. The summed E-state index contributed by atoms with van der Waals surface area (Å²) in [5.74, 6) is 4.80. The molecule has 0 saturated heterocycles. The number of hydrogen-bond acceptors (Lipinski definition) is 5. The number of carbonyl (C=O) groups is 1. The van der Waals surface area contributed by atoms with Gasteiger partial charge in [-0.3, -0.25) is 10.2 Å². The molecule has 0 bridgehead atoms. The average molecular weight is 227 g/mol. The molecule has 1 aromatic rings. The highest BCUT2D eigenvalue weighted by Crippen LogP contribution is 2.20. The van der Waals surface area contributed by atoms with Gasteiger partial charge in [0.1, 0.15) is 5.25 Å². The maximum absolute atomic E-state index is 11.3. The molecule has 1 rings (SSSR count). The first-order valence-corrected chi connectivity index (χ1v) is 5.23. The van der Waals surface area contributed by atoms with Crippen LogP contribution in [0.1, 0.15) is 0 Å². The highest BCUT2D eigenvalue weighted by atomic mass is 32.2. The number of nitrogens with zero attached hydrogens (tertiary/aromatic N) is 1. The summed E-state index contributed by atoms with van der Waals surface area (Å²) in [5, 5.41) is 0.387. The molecule has 0 saturated carbocycles. The largest absolute Gasteiger partial charge is 0.383 e. The Morgan fingerprint density at radius 3 is 3.07 bits per heavy atom. The zero-order chi connectivity index (χ0) is 11.1. The molecule has 1 heterocycles. The van der Waals surface area contributed by atoms with Crippen molar-refractivity contribution in [1.82, 2.24) is 10.4 Å². The van der Waals surface area contributed by atoms with Crippen LogP contribution in [0.15, 0.2) is 29.4 Å². The van der Waals surface area contributed by atoms with Crippen molar-refractivity contribution >= 4 is 17.7 Å². The maximum Gasteiger partial charge on any atom is 0.249 e. The summed E-state index contributed by atoms with van der Waals surface area (Å²) >= 11 is 1.32. The lowest BCUT2D eigenvalue weighted by Gasteiger charge is -2.12. The molecule has 82 valence electrons. The topological polar surface area (TPSA) is 77.2 Å². The molecule has 5 nitrogen and oxygen atoms in total. The summed E-state index contributed by atoms with van der Waals surface area (Å²) in [6, 6.07) is 5.51. The van der Waals surface area contributed by atoms with Crippen molar-refractivity contribution in [3.05, 3.63) is 24.4 Å². The molecule has 0 aliphatic rings. The second-order valence-electron chi connectivity index (χ2n) is 2.74. The van der Waals surface area contributed by atoms with Crippen LogP contribution >= 0.6 is 11.8 Å². The molecular weight excluding hydrogens is 214 g/mol. The van der Waals surface area contributed by atoms with Gasteiger partial charge in [0, 0.05) is 13.3 Å². The second kappa shape index (κ2) is 6.39. The molecular formula is C9H13N3O2S. The van der Waals surface area contributed by atoms with Crippen LogP contribution in [0.25, 0.3) is 0 Å². The predicted octanol–water partition coefficient (Wildman–Crippen LogP) is 0.179. The first-order valence-electron chi connectivity index (χ1n) is 4.35. The van der Waals surface area contributed by atoms with E-state index in [9.17, 15) is 4.79 Å². The van der Waals surface area contributed by atoms with E-state index in [1.54, 1.807) is 6.20 Å².